The van der Waals surface area contributed by atoms with Gasteiger partial charge >= 0.3 is 0 Å². The van der Waals surface area contributed by atoms with Gasteiger partial charge in [-0.05, 0) is 46.9 Å². The van der Waals surface area contributed by atoms with Crippen LogP contribution < -0.4 is 5.73 Å². The molecule has 0 amide bonds. The molecular weight excluding hydrogens is 381 g/mol. The maximum absolute atomic E-state index is 6.00. The van der Waals surface area contributed by atoms with Crippen molar-refractivity contribution < 1.29 is 0 Å². The molecule has 0 unspecified atom stereocenters. The van der Waals surface area contributed by atoms with Gasteiger partial charge in [-0.15, -0.1) is 11.8 Å². The lowest BCUT2D eigenvalue weighted by atomic mass is 10.2. The number of nitrogens with zero attached hydrogens (tertiary/aromatic N) is 2. The second kappa shape index (κ2) is 7.26. The third-order valence-electron chi connectivity index (χ3n) is 2.86. The number of benzene rings is 1. The molecule has 5 heteroatoms. The highest BCUT2D eigenvalue weighted by atomic mass is 127. The average Bonchev–Trinajstić information content (AvgIpc) is 2.45. The quantitative estimate of drug-likeness (QED) is 0.598. The van der Waals surface area contributed by atoms with Gasteiger partial charge in [0.2, 0.25) is 0 Å². The monoisotopic (exact) mass is 399 g/mol. The first-order valence-electron chi connectivity index (χ1n) is 6.70. The normalized spacial score (nSPS) is 10.8. The fourth-order valence-electron chi connectivity index (χ4n) is 1.91. The summed E-state index contributed by atoms with van der Waals surface area (Å²) in [5, 5.41) is 0. The van der Waals surface area contributed by atoms with E-state index in [1.54, 1.807) is 0 Å². The van der Waals surface area contributed by atoms with Crippen molar-refractivity contribution in [2.75, 3.05) is 11.5 Å². The summed E-state index contributed by atoms with van der Waals surface area (Å²) >= 11 is 4.06. The molecule has 0 atom stereocenters. The van der Waals surface area contributed by atoms with Crippen LogP contribution >= 0.6 is 34.4 Å². The van der Waals surface area contributed by atoms with Gasteiger partial charge < -0.3 is 5.73 Å². The molecule has 2 aromatic rings. The smallest absolute Gasteiger partial charge is 0.161 e. The minimum absolute atomic E-state index is 0.575. The summed E-state index contributed by atoms with van der Waals surface area (Å²) in [6.07, 6.45) is 1.99. The van der Waals surface area contributed by atoms with Gasteiger partial charge in [-0.1, -0.05) is 32.4 Å². The van der Waals surface area contributed by atoms with Gasteiger partial charge in [0.1, 0.15) is 5.82 Å². The fourth-order valence-corrected chi connectivity index (χ4v) is 3.08. The van der Waals surface area contributed by atoms with Gasteiger partial charge in [0, 0.05) is 10.5 Å². The zero-order valence-electron chi connectivity index (χ0n) is 11.7. The molecule has 0 fully saturated rings. The molecule has 0 aliphatic heterocycles. The Hall–Kier alpha value is -0.820. The molecule has 0 saturated heterocycles. The number of aromatic nitrogens is 2. The number of nitrogen functional groups attached to an aromatic ring is 1. The van der Waals surface area contributed by atoms with Crippen LogP contribution in [0.3, 0.4) is 0 Å². The van der Waals surface area contributed by atoms with E-state index in [1.807, 2.05) is 11.8 Å². The lowest BCUT2D eigenvalue weighted by Gasteiger charge is -2.09. The highest BCUT2D eigenvalue weighted by Crippen LogP contribution is 2.25. The minimum atomic E-state index is 0.575. The predicted molar refractivity (Wildman–Crippen MR) is 95.0 cm³/mol. The van der Waals surface area contributed by atoms with Crippen molar-refractivity contribution in [3.8, 4) is 11.4 Å². The van der Waals surface area contributed by atoms with Crippen molar-refractivity contribution in [3.05, 3.63) is 33.5 Å². The minimum Gasteiger partial charge on any atom is -0.383 e. The van der Waals surface area contributed by atoms with Gasteiger partial charge in [-0.25, -0.2) is 9.97 Å². The highest BCUT2D eigenvalue weighted by molar-refractivity contribution is 14.1. The van der Waals surface area contributed by atoms with E-state index in [9.17, 15) is 0 Å². The lowest BCUT2D eigenvalue weighted by Crippen LogP contribution is -2.05. The maximum atomic E-state index is 6.00. The first kappa shape index (κ1) is 15.6. The van der Waals surface area contributed by atoms with Crippen LogP contribution in [0.4, 0.5) is 5.82 Å². The molecular formula is C15H18IN3S. The number of nitrogens with two attached hydrogens (primary N) is 1. The Balaban J connectivity index is 2.36. The van der Waals surface area contributed by atoms with Crippen LogP contribution in [-0.2, 0) is 6.42 Å². The highest BCUT2D eigenvalue weighted by Gasteiger charge is 2.10. The molecule has 3 nitrogen and oxygen atoms in total. The molecule has 0 aliphatic carbocycles. The molecule has 0 saturated carbocycles. The molecule has 2 N–H and O–H groups in total. The Morgan fingerprint density at radius 1 is 1.15 bits per heavy atom. The molecule has 0 bridgehead atoms. The summed E-state index contributed by atoms with van der Waals surface area (Å²) in [5.74, 6) is 2.37. The molecule has 0 radical (unpaired) electrons. The topological polar surface area (TPSA) is 51.8 Å². The van der Waals surface area contributed by atoms with Crippen molar-refractivity contribution in [2.45, 2.75) is 31.6 Å². The molecule has 1 aromatic carbocycles. The van der Waals surface area contributed by atoms with Crippen molar-refractivity contribution in [1.82, 2.24) is 9.97 Å². The van der Waals surface area contributed by atoms with Crippen LogP contribution in [0.1, 0.15) is 26.0 Å². The van der Waals surface area contributed by atoms with E-state index in [0.29, 0.717) is 5.82 Å². The van der Waals surface area contributed by atoms with E-state index in [-0.39, 0.29) is 0 Å². The van der Waals surface area contributed by atoms with E-state index in [2.05, 4.69) is 70.7 Å². The molecule has 0 aliphatic rings. The van der Waals surface area contributed by atoms with E-state index in [4.69, 9.17) is 5.73 Å². The SMILES string of the molecule is CCCc1nc(-c2ccc(SCC)cc2)nc(N)c1I. The molecule has 0 spiro atoms. The first-order valence-corrected chi connectivity index (χ1v) is 8.77. The summed E-state index contributed by atoms with van der Waals surface area (Å²) < 4.78 is 0.978. The Labute approximate surface area is 137 Å². The third kappa shape index (κ3) is 3.63. The largest absolute Gasteiger partial charge is 0.383 e. The number of hydrogen-bond acceptors (Lipinski definition) is 4. The molecule has 1 aromatic heterocycles. The van der Waals surface area contributed by atoms with Crippen molar-refractivity contribution >= 4 is 40.2 Å². The molecule has 1 heterocycles. The van der Waals surface area contributed by atoms with Crippen molar-refractivity contribution in [3.63, 3.8) is 0 Å². The maximum Gasteiger partial charge on any atom is 0.161 e. The Morgan fingerprint density at radius 3 is 2.45 bits per heavy atom. The fraction of sp³-hybridized carbons (Fsp3) is 0.333. The van der Waals surface area contributed by atoms with Crippen molar-refractivity contribution in [1.29, 1.82) is 0 Å². The lowest BCUT2D eigenvalue weighted by molar-refractivity contribution is 0.869. The second-order valence-corrected chi connectivity index (χ2v) is 6.82. The van der Waals surface area contributed by atoms with Crippen LogP contribution in [0, 0.1) is 3.57 Å². The summed E-state index contributed by atoms with van der Waals surface area (Å²) in [6, 6.07) is 8.35. The standard InChI is InChI=1S/C15H18IN3S/c1-3-5-12-13(16)14(17)19-15(18-12)10-6-8-11(9-7-10)20-4-2/h6-9H,3-5H2,1-2H3,(H2,17,18,19). The molecule has 20 heavy (non-hydrogen) atoms. The average molecular weight is 399 g/mol. The predicted octanol–water partition coefficient (Wildman–Crippen LogP) is 4.39. The van der Waals surface area contributed by atoms with Gasteiger partial charge in [0.15, 0.2) is 5.82 Å². The van der Waals surface area contributed by atoms with Crippen LogP contribution in [0.5, 0.6) is 0 Å². The molecule has 2 rings (SSSR count). The Kier molecular flexibility index (Phi) is 5.65. The van der Waals surface area contributed by atoms with Crippen molar-refractivity contribution in [2.24, 2.45) is 0 Å². The number of halogens is 1. The van der Waals surface area contributed by atoms with Gasteiger partial charge in [-0.3, -0.25) is 0 Å². The Morgan fingerprint density at radius 2 is 1.85 bits per heavy atom. The van der Waals surface area contributed by atoms with Gasteiger partial charge in [-0.2, -0.15) is 0 Å². The van der Waals surface area contributed by atoms with Gasteiger partial charge in [0.25, 0.3) is 0 Å². The number of thioether (sulfide) groups is 1. The molecule has 106 valence electrons. The second-order valence-electron chi connectivity index (χ2n) is 4.40. The third-order valence-corrected chi connectivity index (χ3v) is 4.93. The van der Waals surface area contributed by atoms with E-state index >= 15 is 0 Å². The number of hydrogen-bond donors (Lipinski definition) is 1. The zero-order valence-corrected chi connectivity index (χ0v) is 14.7. The summed E-state index contributed by atoms with van der Waals surface area (Å²) in [7, 11) is 0. The summed E-state index contributed by atoms with van der Waals surface area (Å²) in [4.78, 5) is 10.3. The van der Waals surface area contributed by atoms with Crippen LogP contribution in [0.2, 0.25) is 0 Å². The van der Waals surface area contributed by atoms with E-state index < -0.39 is 0 Å². The van der Waals surface area contributed by atoms with E-state index in [0.717, 1.165) is 39.2 Å². The van der Waals surface area contributed by atoms with E-state index in [1.165, 1.54) is 4.90 Å². The number of aryl methyl sites for hydroxylation is 1. The number of anilines is 1. The zero-order chi connectivity index (χ0) is 14.5. The first-order chi connectivity index (χ1) is 9.65. The van der Waals surface area contributed by atoms with Gasteiger partial charge in [0.05, 0.1) is 9.26 Å². The summed E-state index contributed by atoms with van der Waals surface area (Å²) in [6.45, 7) is 4.30. The van der Waals surface area contributed by atoms with Crippen LogP contribution in [-0.4, -0.2) is 15.7 Å². The summed E-state index contributed by atoms with van der Waals surface area (Å²) in [5.41, 5.74) is 8.07. The number of rotatable bonds is 5. The van der Waals surface area contributed by atoms with Crippen LogP contribution in [0.25, 0.3) is 11.4 Å². The van der Waals surface area contributed by atoms with Crippen LogP contribution in [0.15, 0.2) is 29.2 Å². The Bertz CT molecular complexity index is 584.